The Labute approximate surface area is 166 Å². The van der Waals surface area contributed by atoms with Gasteiger partial charge in [-0.15, -0.1) is 0 Å². The molecule has 0 bridgehead atoms. The third-order valence-electron chi connectivity index (χ3n) is 5.85. The summed E-state index contributed by atoms with van der Waals surface area (Å²) in [4.78, 5) is 30.0. The molecule has 0 unspecified atom stereocenters. The second-order valence-electron chi connectivity index (χ2n) is 8.08. The van der Waals surface area contributed by atoms with Crippen molar-refractivity contribution in [1.82, 2.24) is 14.4 Å². The summed E-state index contributed by atoms with van der Waals surface area (Å²) in [7, 11) is 2.00. The molecule has 2 aliphatic carbocycles. The molecule has 1 aromatic heterocycles. The third kappa shape index (κ3) is 4.13. The van der Waals surface area contributed by atoms with E-state index >= 15 is 0 Å². The summed E-state index contributed by atoms with van der Waals surface area (Å²) in [5.41, 5.74) is 3.02. The number of carbonyl (C=O) groups is 2. The lowest BCUT2D eigenvalue weighted by Crippen LogP contribution is -2.44. The summed E-state index contributed by atoms with van der Waals surface area (Å²) in [5.74, 6) is 0.0437. The van der Waals surface area contributed by atoms with Crippen LogP contribution in [0, 0.1) is 0 Å². The molecule has 2 saturated carbocycles. The Morgan fingerprint density at radius 3 is 2.18 bits per heavy atom. The van der Waals surface area contributed by atoms with Gasteiger partial charge in [-0.2, -0.15) is 0 Å². The zero-order chi connectivity index (χ0) is 19.7. The monoisotopic (exact) mass is 379 g/mol. The molecule has 0 saturated heterocycles. The predicted octanol–water partition coefficient (Wildman–Crippen LogP) is 3.38. The molecule has 4 rings (SSSR count). The summed E-state index contributed by atoms with van der Waals surface area (Å²) in [5, 5.41) is 0. The number of hydrogen-bond acceptors (Lipinski definition) is 2. The molecule has 2 fully saturated rings. The molecule has 0 spiro atoms. The van der Waals surface area contributed by atoms with Crippen LogP contribution < -0.4 is 0 Å². The Bertz CT molecular complexity index is 847. The maximum absolute atomic E-state index is 13.2. The van der Waals surface area contributed by atoms with Crippen molar-refractivity contribution in [3.63, 3.8) is 0 Å². The van der Waals surface area contributed by atoms with Crippen molar-refractivity contribution >= 4 is 11.8 Å². The van der Waals surface area contributed by atoms with Crippen LogP contribution >= 0.6 is 0 Å². The molecule has 2 amide bonds. The fraction of sp³-hybridized carbons (Fsp3) is 0.478. The van der Waals surface area contributed by atoms with Gasteiger partial charge in [-0.25, -0.2) is 0 Å². The van der Waals surface area contributed by atoms with Crippen molar-refractivity contribution in [2.75, 3.05) is 6.54 Å². The summed E-state index contributed by atoms with van der Waals surface area (Å²) in [6.07, 6.45) is 7.07. The van der Waals surface area contributed by atoms with Crippen molar-refractivity contribution in [1.29, 1.82) is 0 Å². The van der Waals surface area contributed by atoms with Gasteiger partial charge in [-0.1, -0.05) is 19.1 Å². The van der Waals surface area contributed by atoms with Gasteiger partial charge >= 0.3 is 0 Å². The molecule has 1 aromatic carbocycles. The lowest BCUT2D eigenvalue weighted by Gasteiger charge is -2.28. The van der Waals surface area contributed by atoms with Gasteiger partial charge in [0.1, 0.15) is 6.54 Å². The second kappa shape index (κ2) is 7.82. The van der Waals surface area contributed by atoms with E-state index in [4.69, 9.17) is 0 Å². The number of rotatable bonds is 8. The van der Waals surface area contributed by atoms with Crippen LogP contribution in [0.25, 0.3) is 0 Å². The number of nitrogens with zero attached hydrogens (tertiary/aromatic N) is 3. The number of carbonyl (C=O) groups excluding carboxylic acids is 2. The molecule has 5 nitrogen and oxygen atoms in total. The second-order valence-corrected chi connectivity index (χ2v) is 8.08. The van der Waals surface area contributed by atoms with E-state index < -0.39 is 0 Å². The SMILES string of the molecule is CCc1ccc(C(=O)N(CC(=O)N(Cc2cccn2C)C2CC2)C2CC2)cc1. The van der Waals surface area contributed by atoms with Crippen molar-refractivity contribution in [3.05, 3.63) is 59.4 Å². The van der Waals surface area contributed by atoms with Crippen LogP contribution in [0.15, 0.2) is 42.6 Å². The summed E-state index contributed by atoms with van der Waals surface area (Å²) in [6.45, 7) is 2.90. The van der Waals surface area contributed by atoms with Gasteiger partial charge in [0.2, 0.25) is 5.91 Å². The summed E-state index contributed by atoms with van der Waals surface area (Å²) in [6, 6.07) is 12.4. The average molecular weight is 380 g/mol. The van der Waals surface area contributed by atoms with Gasteiger partial charge in [0.05, 0.1) is 6.54 Å². The highest BCUT2D eigenvalue weighted by atomic mass is 16.2. The van der Waals surface area contributed by atoms with E-state index in [1.807, 2.05) is 48.5 Å². The van der Waals surface area contributed by atoms with Crippen LogP contribution in [-0.4, -0.2) is 44.8 Å². The smallest absolute Gasteiger partial charge is 0.254 e. The molecule has 2 aliphatic rings. The summed E-state index contributed by atoms with van der Waals surface area (Å²) >= 11 is 0. The molecule has 148 valence electrons. The molecule has 0 atom stereocenters. The van der Waals surface area contributed by atoms with Gasteiger partial charge in [0.15, 0.2) is 0 Å². The third-order valence-corrected chi connectivity index (χ3v) is 5.85. The van der Waals surface area contributed by atoms with Crippen molar-refractivity contribution in [2.45, 2.75) is 57.7 Å². The highest BCUT2D eigenvalue weighted by Crippen LogP contribution is 2.31. The van der Waals surface area contributed by atoms with E-state index in [1.165, 1.54) is 5.56 Å². The van der Waals surface area contributed by atoms with Crippen molar-refractivity contribution in [3.8, 4) is 0 Å². The van der Waals surface area contributed by atoms with Gasteiger partial charge in [-0.3, -0.25) is 9.59 Å². The highest BCUT2D eigenvalue weighted by molar-refractivity contribution is 5.97. The maximum atomic E-state index is 13.2. The Balaban J connectivity index is 1.47. The van der Waals surface area contributed by atoms with Crippen LogP contribution in [0.1, 0.15) is 54.2 Å². The minimum Gasteiger partial charge on any atom is -0.353 e. The Morgan fingerprint density at radius 2 is 1.64 bits per heavy atom. The zero-order valence-electron chi connectivity index (χ0n) is 16.8. The predicted molar refractivity (Wildman–Crippen MR) is 109 cm³/mol. The molecule has 28 heavy (non-hydrogen) atoms. The van der Waals surface area contributed by atoms with Crippen LogP contribution in [0.5, 0.6) is 0 Å². The maximum Gasteiger partial charge on any atom is 0.254 e. The van der Waals surface area contributed by atoms with Crippen LogP contribution in [0.3, 0.4) is 0 Å². The first kappa shape index (κ1) is 18.8. The molecular formula is C23H29N3O2. The average Bonchev–Trinajstić information content (AvgIpc) is 3.63. The summed E-state index contributed by atoms with van der Waals surface area (Å²) < 4.78 is 2.06. The van der Waals surface area contributed by atoms with Gasteiger partial charge < -0.3 is 14.4 Å². The number of hydrogen-bond donors (Lipinski definition) is 0. The van der Waals surface area contributed by atoms with Gasteiger partial charge in [0.25, 0.3) is 5.91 Å². The van der Waals surface area contributed by atoms with Gasteiger partial charge in [0, 0.05) is 36.6 Å². The molecule has 0 aliphatic heterocycles. The van der Waals surface area contributed by atoms with Crippen LogP contribution in [-0.2, 0) is 24.8 Å². The van der Waals surface area contributed by atoms with E-state index in [-0.39, 0.29) is 24.4 Å². The van der Waals surface area contributed by atoms with E-state index in [2.05, 4.69) is 17.6 Å². The Morgan fingerprint density at radius 1 is 1.00 bits per heavy atom. The van der Waals surface area contributed by atoms with E-state index in [0.29, 0.717) is 18.2 Å². The number of aryl methyl sites for hydroxylation is 2. The minimum absolute atomic E-state index is 0.0203. The number of benzene rings is 1. The molecular weight excluding hydrogens is 350 g/mol. The van der Waals surface area contributed by atoms with E-state index in [9.17, 15) is 9.59 Å². The standard InChI is InChI=1S/C23H29N3O2/c1-3-17-6-8-18(9-7-17)23(28)26(20-12-13-20)16-22(27)25(19-10-11-19)15-21-5-4-14-24(21)2/h4-9,14,19-20H,3,10-13,15-16H2,1-2H3. The first-order valence-electron chi connectivity index (χ1n) is 10.4. The Hall–Kier alpha value is -2.56. The molecule has 2 aromatic rings. The lowest BCUT2D eigenvalue weighted by atomic mass is 10.1. The van der Waals surface area contributed by atoms with Crippen molar-refractivity contribution < 1.29 is 9.59 Å². The topological polar surface area (TPSA) is 45.6 Å². The van der Waals surface area contributed by atoms with E-state index in [1.54, 1.807) is 4.90 Å². The fourth-order valence-electron chi connectivity index (χ4n) is 3.68. The lowest BCUT2D eigenvalue weighted by molar-refractivity contribution is -0.133. The number of amides is 2. The van der Waals surface area contributed by atoms with Crippen LogP contribution in [0.2, 0.25) is 0 Å². The molecule has 0 N–H and O–H groups in total. The van der Waals surface area contributed by atoms with Gasteiger partial charge in [-0.05, 0) is 61.9 Å². The number of aromatic nitrogens is 1. The first-order chi connectivity index (χ1) is 13.6. The van der Waals surface area contributed by atoms with Crippen LogP contribution in [0.4, 0.5) is 0 Å². The first-order valence-corrected chi connectivity index (χ1v) is 10.4. The minimum atomic E-state index is -0.0203. The fourth-order valence-corrected chi connectivity index (χ4v) is 3.68. The normalized spacial score (nSPS) is 16.1. The largest absolute Gasteiger partial charge is 0.353 e. The van der Waals surface area contributed by atoms with E-state index in [0.717, 1.165) is 37.8 Å². The molecule has 0 radical (unpaired) electrons. The molecule has 5 heteroatoms. The van der Waals surface area contributed by atoms with Crippen molar-refractivity contribution in [2.24, 2.45) is 7.05 Å². The highest BCUT2D eigenvalue weighted by Gasteiger charge is 2.38. The quantitative estimate of drug-likeness (QED) is 0.706. The molecule has 1 heterocycles. The Kier molecular flexibility index (Phi) is 5.25. The zero-order valence-corrected chi connectivity index (χ0v) is 16.8.